The first kappa shape index (κ1) is 28.4. The van der Waals surface area contributed by atoms with Gasteiger partial charge in [0.05, 0.1) is 34.8 Å². The first-order valence-electron chi connectivity index (χ1n) is 14.7. The van der Waals surface area contributed by atoms with Gasteiger partial charge in [-0.25, -0.2) is 8.42 Å². The van der Waals surface area contributed by atoms with E-state index < -0.39 is 15.1 Å². The zero-order chi connectivity index (χ0) is 29.4. The largest absolute Gasteiger partial charge is 0.495 e. The van der Waals surface area contributed by atoms with Gasteiger partial charge in [0, 0.05) is 12.6 Å². The van der Waals surface area contributed by atoms with Crippen LogP contribution in [0.25, 0.3) is 5.65 Å². The van der Waals surface area contributed by atoms with Gasteiger partial charge in [0.2, 0.25) is 11.9 Å². The Kier molecular flexibility index (Phi) is 7.80. The predicted octanol–water partition coefficient (Wildman–Crippen LogP) is 5.70. The molecule has 0 amide bonds. The topological polar surface area (TPSA) is 114 Å². The van der Waals surface area contributed by atoms with Crippen LogP contribution in [-0.2, 0) is 9.84 Å². The van der Waals surface area contributed by atoms with Crippen molar-refractivity contribution in [1.82, 2.24) is 24.5 Å². The van der Waals surface area contributed by atoms with Gasteiger partial charge >= 0.3 is 0 Å². The number of sulfone groups is 1. The van der Waals surface area contributed by atoms with Gasteiger partial charge in [0.1, 0.15) is 5.75 Å². The van der Waals surface area contributed by atoms with Crippen LogP contribution in [0.2, 0.25) is 0 Å². The summed E-state index contributed by atoms with van der Waals surface area (Å²) in [5.74, 6) is 2.85. The number of likely N-dealkylation sites (tertiary alicyclic amines) is 1. The molecule has 6 rings (SSSR count). The van der Waals surface area contributed by atoms with Crippen LogP contribution in [-0.4, -0.2) is 64.9 Å². The summed E-state index contributed by atoms with van der Waals surface area (Å²) in [6.45, 7) is 9.05. The lowest BCUT2D eigenvalue weighted by Crippen LogP contribution is -2.34. The second kappa shape index (κ2) is 11.5. The third-order valence-electron chi connectivity index (χ3n) is 8.39. The van der Waals surface area contributed by atoms with E-state index in [1.54, 1.807) is 62.0 Å². The minimum Gasteiger partial charge on any atom is -0.495 e. The minimum atomic E-state index is -3.53. The number of nitrogens with one attached hydrogen (secondary N) is 2. The number of nitrogens with zero attached hydrogens (tertiary/aromatic N) is 5. The molecule has 1 saturated heterocycles. The number of para-hydroxylation sites is 1. The molecule has 3 heterocycles. The highest BCUT2D eigenvalue weighted by Crippen LogP contribution is 2.38. The van der Waals surface area contributed by atoms with Gasteiger partial charge in [-0.05, 0) is 107 Å². The van der Waals surface area contributed by atoms with Gasteiger partial charge in [0.15, 0.2) is 15.5 Å². The summed E-state index contributed by atoms with van der Waals surface area (Å²) in [7, 11) is -1.85. The van der Waals surface area contributed by atoms with Crippen molar-refractivity contribution in [3.63, 3.8) is 0 Å². The van der Waals surface area contributed by atoms with E-state index in [-0.39, 0.29) is 4.90 Å². The third kappa shape index (κ3) is 5.80. The zero-order valence-corrected chi connectivity index (χ0v) is 25.5. The standard InChI is InChI=1S/C31H39N7O3S/c1-20(2)42(39,40)28-8-6-5-7-25(28)34-31-36-30(35-29-11-14-32-38(29)31)33-26-17-21(3)24(18-27(26)41-4)23-12-15-37(16-13-23)19-22-9-10-22/h5-8,11,14,17-18,20,22-23H,9-10,12-13,15-16,19H2,1-4H3,(H2,33,34,35,36). The van der Waals surface area contributed by atoms with Crippen LogP contribution in [0.4, 0.5) is 23.3 Å². The molecule has 1 aliphatic heterocycles. The van der Waals surface area contributed by atoms with Crippen molar-refractivity contribution in [2.75, 3.05) is 37.4 Å². The van der Waals surface area contributed by atoms with Crippen LogP contribution in [0.3, 0.4) is 0 Å². The number of rotatable bonds is 10. The van der Waals surface area contributed by atoms with Crippen LogP contribution >= 0.6 is 0 Å². The average Bonchev–Trinajstić information content (AvgIpc) is 3.66. The second-order valence-electron chi connectivity index (χ2n) is 11.7. The van der Waals surface area contributed by atoms with Crippen LogP contribution in [0, 0.1) is 12.8 Å². The Morgan fingerprint density at radius 1 is 1.00 bits per heavy atom. The third-order valence-corrected chi connectivity index (χ3v) is 10.6. The van der Waals surface area contributed by atoms with Crippen molar-refractivity contribution in [2.45, 2.75) is 62.5 Å². The lowest BCUT2D eigenvalue weighted by molar-refractivity contribution is 0.204. The molecule has 0 bridgehead atoms. The molecule has 2 aromatic carbocycles. The lowest BCUT2D eigenvalue weighted by atomic mass is 9.86. The number of fused-ring (bicyclic) bond motifs is 1. The first-order chi connectivity index (χ1) is 20.2. The van der Waals surface area contributed by atoms with E-state index in [4.69, 9.17) is 9.72 Å². The van der Waals surface area contributed by atoms with Gasteiger partial charge in [0.25, 0.3) is 0 Å². The van der Waals surface area contributed by atoms with Crippen molar-refractivity contribution in [2.24, 2.45) is 5.92 Å². The Balaban J connectivity index is 1.27. The van der Waals surface area contributed by atoms with E-state index in [9.17, 15) is 8.42 Å². The number of aryl methyl sites for hydroxylation is 1. The monoisotopic (exact) mass is 589 g/mol. The molecule has 42 heavy (non-hydrogen) atoms. The van der Waals surface area contributed by atoms with E-state index in [0.29, 0.717) is 29.1 Å². The summed E-state index contributed by atoms with van der Waals surface area (Å²) < 4.78 is 33.5. The fraction of sp³-hybridized carbons (Fsp3) is 0.452. The molecule has 4 aromatic rings. The summed E-state index contributed by atoms with van der Waals surface area (Å²) in [5, 5.41) is 10.3. The number of piperidine rings is 1. The summed E-state index contributed by atoms with van der Waals surface area (Å²) in [4.78, 5) is 12.2. The molecule has 0 atom stereocenters. The Morgan fingerprint density at radius 3 is 2.48 bits per heavy atom. The number of hydrogen-bond acceptors (Lipinski definition) is 9. The summed E-state index contributed by atoms with van der Waals surface area (Å²) in [5.41, 5.74) is 4.29. The SMILES string of the molecule is COc1cc(C2CCN(CC3CC3)CC2)c(C)cc1Nc1nc(Nc2ccccc2S(=O)(=O)C(C)C)n2nccc2n1. The number of methoxy groups -OCH3 is 1. The Bertz CT molecular complexity index is 1690. The smallest absolute Gasteiger partial charge is 0.233 e. The Labute approximate surface area is 247 Å². The van der Waals surface area contributed by atoms with Crippen molar-refractivity contribution < 1.29 is 13.2 Å². The molecule has 10 nitrogen and oxygen atoms in total. The number of ether oxygens (including phenoxy) is 1. The predicted molar refractivity (Wildman–Crippen MR) is 165 cm³/mol. The fourth-order valence-corrected chi connectivity index (χ4v) is 6.98. The molecular weight excluding hydrogens is 550 g/mol. The zero-order valence-electron chi connectivity index (χ0n) is 24.7. The van der Waals surface area contributed by atoms with Gasteiger partial charge in [-0.3, -0.25) is 0 Å². The van der Waals surface area contributed by atoms with Gasteiger partial charge in [-0.2, -0.15) is 19.6 Å². The fourth-order valence-electron chi connectivity index (χ4n) is 5.78. The number of benzene rings is 2. The average molecular weight is 590 g/mol. The molecule has 2 fully saturated rings. The number of aromatic nitrogens is 4. The summed E-state index contributed by atoms with van der Waals surface area (Å²) >= 11 is 0. The molecule has 2 N–H and O–H groups in total. The Morgan fingerprint density at radius 2 is 1.76 bits per heavy atom. The molecule has 1 saturated carbocycles. The highest BCUT2D eigenvalue weighted by molar-refractivity contribution is 7.92. The van der Waals surface area contributed by atoms with Crippen molar-refractivity contribution >= 4 is 38.8 Å². The van der Waals surface area contributed by atoms with Crippen molar-refractivity contribution in [1.29, 1.82) is 0 Å². The molecule has 11 heteroatoms. The van der Waals surface area contributed by atoms with Gasteiger partial charge in [-0.1, -0.05) is 12.1 Å². The summed E-state index contributed by atoms with van der Waals surface area (Å²) in [6.07, 6.45) is 6.74. The molecular formula is C31H39N7O3S. The van der Waals surface area contributed by atoms with Crippen LogP contribution in [0.5, 0.6) is 5.75 Å². The molecule has 2 aliphatic rings. The van der Waals surface area contributed by atoms with Gasteiger partial charge < -0.3 is 20.3 Å². The highest BCUT2D eigenvalue weighted by Gasteiger charge is 2.28. The number of hydrogen-bond donors (Lipinski definition) is 2. The van der Waals surface area contributed by atoms with Crippen LogP contribution in [0.1, 0.15) is 56.6 Å². The van der Waals surface area contributed by atoms with Crippen molar-refractivity contribution in [3.05, 3.63) is 59.8 Å². The van der Waals surface area contributed by atoms with E-state index in [1.807, 2.05) is 0 Å². The normalized spacial score (nSPS) is 16.7. The molecule has 1 aliphatic carbocycles. The molecule has 2 aromatic heterocycles. The molecule has 222 valence electrons. The van der Waals surface area contributed by atoms with E-state index in [0.717, 1.165) is 43.3 Å². The number of anilines is 4. The minimum absolute atomic E-state index is 0.208. The van der Waals surface area contributed by atoms with E-state index in [1.165, 1.54) is 30.5 Å². The van der Waals surface area contributed by atoms with Crippen LogP contribution < -0.4 is 15.4 Å². The van der Waals surface area contributed by atoms with E-state index in [2.05, 4.69) is 44.7 Å². The second-order valence-corrected chi connectivity index (χ2v) is 14.2. The maximum atomic E-state index is 13.0. The van der Waals surface area contributed by atoms with Crippen LogP contribution in [0.15, 0.2) is 53.6 Å². The lowest BCUT2D eigenvalue weighted by Gasteiger charge is -2.33. The summed E-state index contributed by atoms with van der Waals surface area (Å²) in [6, 6.07) is 12.9. The molecule has 0 unspecified atom stereocenters. The first-order valence-corrected chi connectivity index (χ1v) is 16.3. The molecule has 0 radical (unpaired) electrons. The maximum Gasteiger partial charge on any atom is 0.233 e. The quantitative estimate of drug-likeness (QED) is 0.240. The maximum absolute atomic E-state index is 13.0. The highest BCUT2D eigenvalue weighted by atomic mass is 32.2. The Hall–Kier alpha value is -3.70. The van der Waals surface area contributed by atoms with E-state index >= 15 is 0 Å². The van der Waals surface area contributed by atoms with Gasteiger partial charge in [-0.15, -0.1) is 0 Å². The van der Waals surface area contributed by atoms with Crippen molar-refractivity contribution in [3.8, 4) is 5.75 Å². The molecule has 0 spiro atoms.